The van der Waals surface area contributed by atoms with Gasteiger partial charge in [0.25, 0.3) is 0 Å². The molecule has 0 radical (unpaired) electrons. The highest BCUT2D eigenvalue weighted by Crippen LogP contribution is 2.20. The fourth-order valence-electron chi connectivity index (χ4n) is 1.33. The van der Waals surface area contributed by atoms with Crippen molar-refractivity contribution in [2.24, 2.45) is 0 Å². The Balaban J connectivity index is 2.21. The van der Waals surface area contributed by atoms with Crippen LogP contribution in [0.1, 0.15) is 13.3 Å². The van der Waals surface area contributed by atoms with Crippen LogP contribution in [-0.2, 0) is 14.2 Å². The second-order valence-corrected chi connectivity index (χ2v) is 3.12. The molecule has 0 saturated carbocycles. The van der Waals surface area contributed by atoms with Gasteiger partial charge in [-0.05, 0) is 6.92 Å². The Morgan fingerprint density at radius 3 is 2.79 bits per heavy atom. The molecule has 6 heteroatoms. The number of hydrogen-bond donors (Lipinski definition) is 2. The van der Waals surface area contributed by atoms with Gasteiger partial charge in [0.05, 0.1) is 12.2 Å². The molecule has 1 aliphatic rings. The Bertz CT molecular complexity index is 194. The van der Waals surface area contributed by atoms with Gasteiger partial charge in [0.15, 0.2) is 6.79 Å². The van der Waals surface area contributed by atoms with Gasteiger partial charge in [0, 0.05) is 6.42 Å². The zero-order chi connectivity index (χ0) is 10.6. The lowest BCUT2D eigenvalue weighted by molar-refractivity contribution is -0.0515. The number of rotatable bonds is 3. The summed E-state index contributed by atoms with van der Waals surface area (Å²) in [5.74, 6) is 0. The van der Waals surface area contributed by atoms with E-state index in [0.717, 1.165) is 0 Å². The van der Waals surface area contributed by atoms with Crippen LogP contribution in [0.2, 0.25) is 0 Å². The molecule has 0 aliphatic carbocycles. The van der Waals surface area contributed by atoms with Crippen molar-refractivity contribution in [1.29, 1.82) is 0 Å². The highest BCUT2D eigenvalue weighted by Gasteiger charge is 2.32. The molecule has 1 aliphatic heterocycles. The minimum Gasteiger partial charge on any atom is -0.431 e. The first-order chi connectivity index (χ1) is 6.63. The second kappa shape index (κ2) is 5.14. The van der Waals surface area contributed by atoms with Crippen molar-refractivity contribution >= 4 is 6.16 Å². The van der Waals surface area contributed by atoms with Crippen LogP contribution in [0.3, 0.4) is 0 Å². The summed E-state index contributed by atoms with van der Waals surface area (Å²) in [5.41, 5.74) is 0. The fraction of sp³-hybridized carbons (Fsp3) is 0.875. The SMILES string of the molecule is C[C@H]1CC(O)[C@@H](COC(=O)OCO)O1. The molecule has 0 aromatic heterocycles. The Morgan fingerprint density at radius 1 is 1.57 bits per heavy atom. The van der Waals surface area contributed by atoms with Crippen molar-refractivity contribution in [1.82, 2.24) is 0 Å². The molecule has 0 amide bonds. The van der Waals surface area contributed by atoms with Gasteiger partial charge >= 0.3 is 6.16 Å². The molecule has 14 heavy (non-hydrogen) atoms. The Kier molecular flexibility index (Phi) is 4.12. The van der Waals surface area contributed by atoms with Crippen molar-refractivity contribution in [3.8, 4) is 0 Å². The molecule has 1 saturated heterocycles. The summed E-state index contributed by atoms with van der Waals surface area (Å²) < 4.78 is 14.0. The van der Waals surface area contributed by atoms with Crippen molar-refractivity contribution in [2.75, 3.05) is 13.4 Å². The van der Waals surface area contributed by atoms with E-state index in [1.165, 1.54) is 0 Å². The first-order valence-corrected chi connectivity index (χ1v) is 4.37. The first-order valence-electron chi connectivity index (χ1n) is 4.37. The maximum Gasteiger partial charge on any atom is 0.510 e. The number of carbonyl (C=O) groups is 1. The van der Waals surface area contributed by atoms with Crippen LogP contribution in [0.15, 0.2) is 0 Å². The highest BCUT2D eigenvalue weighted by atomic mass is 16.8. The lowest BCUT2D eigenvalue weighted by atomic mass is 10.1. The average Bonchev–Trinajstić information content (AvgIpc) is 2.42. The third kappa shape index (κ3) is 3.13. The molecule has 1 unspecified atom stereocenters. The summed E-state index contributed by atoms with van der Waals surface area (Å²) in [7, 11) is 0. The third-order valence-corrected chi connectivity index (χ3v) is 1.96. The van der Waals surface area contributed by atoms with E-state index >= 15 is 0 Å². The van der Waals surface area contributed by atoms with Gasteiger partial charge < -0.3 is 24.4 Å². The minimum absolute atomic E-state index is 0.0348. The van der Waals surface area contributed by atoms with Gasteiger partial charge in [0.1, 0.15) is 12.7 Å². The van der Waals surface area contributed by atoms with Gasteiger partial charge in [-0.25, -0.2) is 4.79 Å². The minimum atomic E-state index is -0.970. The molecule has 1 rings (SSSR count). The van der Waals surface area contributed by atoms with E-state index in [1.807, 2.05) is 6.92 Å². The molecule has 2 N–H and O–H groups in total. The van der Waals surface area contributed by atoms with Crippen LogP contribution in [-0.4, -0.2) is 48.1 Å². The normalized spacial score (nSPS) is 31.5. The van der Waals surface area contributed by atoms with Crippen molar-refractivity contribution in [3.05, 3.63) is 0 Å². The summed E-state index contributed by atoms with van der Waals surface area (Å²) in [6, 6.07) is 0. The van der Waals surface area contributed by atoms with Crippen LogP contribution in [0.25, 0.3) is 0 Å². The van der Waals surface area contributed by atoms with Crippen LogP contribution in [0.5, 0.6) is 0 Å². The van der Waals surface area contributed by atoms with E-state index in [2.05, 4.69) is 9.47 Å². The molecule has 0 aromatic rings. The van der Waals surface area contributed by atoms with E-state index in [9.17, 15) is 9.90 Å². The average molecular weight is 206 g/mol. The smallest absolute Gasteiger partial charge is 0.431 e. The largest absolute Gasteiger partial charge is 0.510 e. The van der Waals surface area contributed by atoms with Gasteiger partial charge in [0.2, 0.25) is 0 Å². The third-order valence-electron chi connectivity index (χ3n) is 1.96. The Labute approximate surface area is 81.4 Å². The van der Waals surface area contributed by atoms with Gasteiger partial charge in [-0.15, -0.1) is 0 Å². The van der Waals surface area contributed by atoms with E-state index in [-0.39, 0.29) is 12.7 Å². The Hall–Kier alpha value is -0.850. The topological polar surface area (TPSA) is 85.2 Å². The summed E-state index contributed by atoms with van der Waals surface area (Å²) >= 11 is 0. The standard InChI is InChI=1S/C8H14O6/c1-5-2-6(10)7(14-5)3-12-8(11)13-4-9/h5-7,9-10H,2-4H2,1H3/t5-,6?,7+/m0/s1. The summed E-state index contributed by atoms with van der Waals surface area (Å²) in [6.45, 7) is 1.04. The quantitative estimate of drug-likeness (QED) is 0.484. The molecule has 82 valence electrons. The monoisotopic (exact) mass is 206 g/mol. The van der Waals surface area contributed by atoms with E-state index in [0.29, 0.717) is 6.42 Å². The fourth-order valence-corrected chi connectivity index (χ4v) is 1.33. The summed E-state index contributed by atoms with van der Waals surface area (Å²) in [5, 5.41) is 17.6. The summed E-state index contributed by atoms with van der Waals surface area (Å²) in [4.78, 5) is 10.6. The molecular weight excluding hydrogens is 192 g/mol. The lowest BCUT2D eigenvalue weighted by Gasteiger charge is -2.13. The predicted molar refractivity (Wildman–Crippen MR) is 44.5 cm³/mol. The second-order valence-electron chi connectivity index (χ2n) is 3.12. The van der Waals surface area contributed by atoms with E-state index < -0.39 is 25.2 Å². The highest BCUT2D eigenvalue weighted by molar-refractivity contribution is 5.59. The number of aliphatic hydroxyl groups excluding tert-OH is 2. The molecule has 1 fully saturated rings. The van der Waals surface area contributed by atoms with Crippen molar-refractivity contribution < 1.29 is 29.2 Å². The van der Waals surface area contributed by atoms with Crippen LogP contribution >= 0.6 is 0 Å². The maximum absolute atomic E-state index is 10.6. The van der Waals surface area contributed by atoms with Crippen LogP contribution in [0.4, 0.5) is 4.79 Å². The predicted octanol–water partition coefficient (Wildman–Crippen LogP) is -0.372. The van der Waals surface area contributed by atoms with Crippen LogP contribution in [0, 0.1) is 0 Å². The molecule has 3 atom stereocenters. The van der Waals surface area contributed by atoms with Crippen molar-refractivity contribution in [2.45, 2.75) is 31.7 Å². The molecule has 0 aromatic carbocycles. The molecule has 0 bridgehead atoms. The van der Waals surface area contributed by atoms with Gasteiger partial charge in [-0.2, -0.15) is 0 Å². The first kappa shape index (κ1) is 11.2. The van der Waals surface area contributed by atoms with Gasteiger partial charge in [-0.1, -0.05) is 0 Å². The number of aliphatic hydroxyl groups is 2. The zero-order valence-corrected chi connectivity index (χ0v) is 7.88. The summed E-state index contributed by atoms with van der Waals surface area (Å²) in [6.07, 6.45) is -1.60. The molecule has 0 spiro atoms. The molecule has 6 nitrogen and oxygen atoms in total. The molecule has 1 heterocycles. The Morgan fingerprint density at radius 2 is 2.29 bits per heavy atom. The van der Waals surface area contributed by atoms with Gasteiger partial charge in [-0.3, -0.25) is 0 Å². The van der Waals surface area contributed by atoms with Crippen LogP contribution < -0.4 is 0 Å². The zero-order valence-electron chi connectivity index (χ0n) is 7.88. The van der Waals surface area contributed by atoms with Crippen molar-refractivity contribution in [3.63, 3.8) is 0 Å². The maximum atomic E-state index is 10.6. The molecular formula is C8H14O6. The number of hydrogen-bond acceptors (Lipinski definition) is 6. The van der Waals surface area contributed by atoms with E-state index in [4.69, 9.17) is 9.84 Å². The van der Waals surface area contributed by atoms with E-state index in [1.54, 1.807) is 0 Å². The number of ether oxygens (including phenoxy) is 3. The lowest BCUT2D eigenvalue weighted by Crippen LogP contribution is -2.28. The number of carbonyl (C=O) groups excluding carboxylic acids is 1.